The SMILES string of the molecule is Cc1cc(C(O)CC(C)(C)C)sn1. The molecule has 1 rings (SSSR count). The highest BCUT2D eigenvalue weighted by molar-refractivity contribution is 7.05. The summed E-state index contributed by atoms with van der Waals surface area (Å²) >= 11 is 1.40. The summed E-state index contributed by atoms with van der Waals surface area (Å²) in [5.41, 5.74) is 1.16. The summed E-state index contributed by atoms with van der Waals surface area (Å²) in [6.45, 7) is 8.34. The van der Waals surface area contributed by atoms with Gasteiger partial charge in [0.2, 0.25) is 0 Å². The summed E-state index contributed by atoms with van der Waals surface area (Å²) in [6, 6.07) is 1.96. The van der Waals surface area contributed by atoms with Crippen LogP contribution in [-0.2, 0) is 0 Å². The van der Waals surface area contributed by atoms with E-state index in [-0.39, 0.29) is 11.5 Å². The van der Waals surface area contributed by atoms with Gasteiger partial charge < -0.3 is 5.11 Å². The Hall–Kier alpha value is -0.410. The monoisotopic (exact) mass is 199 g/mol. The van der Waals surface area contributed by atoms with E-state index in [2.05, 4.69) is 25.1 Å². The fourth-order valence-electron chi connectivity index (χ4n) is 1.22. The zero-order valence-electron chi connectivity index (χ0n) is 8.66. The lowest BCUT2D eigenvalue weighted by Gasteiger charge is -2.21. The van der Waals surface area contributed by atoms with Crippen molar-refractivity contribution < 1.29 is 5.11 Å². The minimum absolute atomic E-state index is 0.164. The number of aliphatic hydroxyl groups excluding tert-OH is 1. The zero-order chi connectivity index (χ0) is 10.1. The summed E-state index contributed by atoms with van der Waals surface area (Å²) in [4.78, 5) is 0.979. The predicted molar refractivity (Wildman–Crippen MR) is 55.9 cm³/mol. The van der Waals surface area contributed by atoms with Gasteiger partial charge >= 0.3 is 0 Å². The van der Waals surface area contributed by atoms with Gasteiger partial charge in [0.25, 0.3) is 0 Å². The lowest BCUT2D eigenvalue weighted by atomic mass is 9.89. The number of aryl methyl sites for hydroxylation is 1. The molecule has 1 aromatic rings. The van der Waals surface area contributed by atoms with Crippen LogP contribution in [0.25, 0.3) is 0 Å². The van der Waals surface area contributed by atoms with Crippen molar-refractivity contribution in [3.63, 3.8) is 0 Å². The number of aromatic nitrogens is 1. The molecule has 74 valence electrons. The van der Waals surface area contributed by atoms with Gasteiger partial charge in [0, 0.05) is 0 Å². The molecule has 0 radical (unpaired) electrons. The van der Waals surface area contributed by atoms with Crippen molar-refractivity contribution in [2.24, 2.45) is 5.41 Å². The number of hydrogen-bond donors (Lipinski definition) is 1. The van der Waals surface area contributed by atoms with E-state index in [0.29, 0.717) is 0 Å². The molecule has 0 bridgehead atoms. The molecule has 1 heterocycles. The minimum Gasteiger partial charge on any atom is -0.387 e. The van der Waals surface area contributed by atoms with Crippen LogP contribution in [0.1, 0.15) is 43.9 Å². The summed E-state index contributed by atoms with van der Waals surface area (Å²) < 4.78 is 4.15. The van der Waals surface area contributed by atoms with Gasteiger partial charge in [-0.15, -0.1) is 0 Å². The molecular weight excluding hydrogens is 182 g/mol. The topological polar surface area (TPSA) is 33.1 Å². The normalized spacial score (nSPS) is 14.5. The quantitative estimate of drug-likeness (QED) is 0.794. The highest BCUT2D eigenvalue weighted by atomic mass is 32.1. The maximum atomic E-state index is 9.84. The molecule has 1 N–H and O–H groups in total. The third-order valence-electron chi connectivity index (χ3n) is 1.78. The molecular formula is C10H17NOS. The molecule has 0 aliphatic carbocycles. The first-order valence-corrected chi connectivity index (χ1v) is 5.27. The second-order valence-electron chi connectivity index (χ2n) is 4.65. The second kappa shape index (κ2) is 3.76. The van der Waals surface area contributed by atoms with Crippen molar-refractivity contribution in [1.82, 2.24) is 4.37 Å². The van der Waals surface area contributed by atoms with Crippen LogP contribution in [0, 0.1) is 12.3 Å². The molecule has 0 aliphatic rings. The molecule has 1 unspecified atom stereocenters. The number of aliphatic hydroxyl groups is 1. The van der Waals surface area contributed by atoms with E-state index < -0.39 is 0 Å². The first kappa shape index (κ1) is 10.7. The standard InChI is InChI=1S/C10H17NOS/c1-7-5-9(13-11-7)8(12)6-10(2,3)4/h5,8,12H,6H2,1-4H3. The van der Waals surface area contributed by atoms with Gasteiger partial charge in [-0.2, -0.15) is 4.37 Å². The van der Waals surface area contributed by atoms with E-state index in [1.807, 2.05) is 13.0 Å². The van der Waals surface area contributed by atoms with Crippen molar-refractivity contribution in [1.29, 1.82) is 0 Å². The van der Waals surface area contributed by atoms with Crippen LogP contribution < -0.4 is 0 Å². The summed E-state index contributed by atoms with van der Waals surface area (Å²) in [5, 5.41) is 9.84. The summed E-state index contributed by atoms with van der Waals surface area (Å²) in [6.07, 6.45) is 0.431. The lowest BCUT2D eigenvalue weighted by Crippen LogP contribution is -2.10. The summed E-state index contributed by atoms with van der Waals surface area (Å²) in [7, 11) is 0. The highest BCUT2D eigenvalue weighted by Crippen LogP contribution is 2.31. The van der Waals surface area contributed by atoms with Gasteiger partial charge in [-0.1, -0.05) is 20.8 Å². The van der Waals surface area contributed by atoms with Crippen LogP contribution in [0.15, 0.2) is 6.07 Å². The Bertz CT molecular complexity index is 275. The predicted octanol–water partition coefficient (Wildman–Crippen LogP) is 2.92. The van der Waals surface area contributed by atoms with Crippen molar-refractivity contribution in [3.8, 4) is 0 Å². The van der Waals surface area contributed by atoms with Crippen LogP contribution in [0.5, 0.6) is 0 Å². The lowest BCUT2D eigenvalue weighted by molar-refractivity contribution is 0.125. The zero-order valence-corrected chi connectivity index (χ0v) is 9.48. The van der Waals surface area contributed by atoms with Gasteiger partial charge in [-0.05, 0) is 36.4 Å². The van der Waals surface area contributed by atoms with E-state index in [0.717, 1.165) is 17.0 Å². The van der Waals surface area contributed by atoms with E-state index in [1.165, 1.54) is 11.5 Å². The third-order valence-corrected chi connectivity index (χ3v) is 2.76. The van der Waals surface area contributed by atoms with Gasteiger partial charge in [0.05, 0.1) is 16.7 Å². The maximum absolute atomic E-state index is 9.84. The van der Waals surface area contributed by atoms with Crippen LogP contribution >= 0.6 is 11.5 Å². The largest absolute Gasteiger partial charge is 0.387 e. The van der Waals surface area contributed by atoms with E-state index >= 15 is 0 Å². The average Bonchev–Trinajstić information content (AvgIpc) is 2.31. The molecule has 0 aliphatic heterocycles. The maximum Gasteiger partial charge on any atom is 0.0903 e. The molecule has 0 spiro atoms. The van der Waals surface area contributed by atoms with E-state index in [4.69, 9.17) is 0 Å². The molecule has 0 fully saturated rings. The van der Waals surface area contributed by atoms with Gasteiger partial charge in [0.1, 0.15) is 0 Å². The molecule has 0 amide bonds. The highest BCUT2D eigenvalue weighted by Gasteiger charge is 2.19. The molecule has 0 saturated heterocycles. The fraction of sp³-hybridized carbons (Fsp3) is 0.700. The molecule has 3 heteroatoms. The fourth-order valence-corrected chi connectivity index (χ4v) is 1.95. The van der Waals surface area contributed by atoms with Gasteiger partial charge in [-0.3, -0.25) is 0 Å². The third kappa shape index (κ3) is 3.44. The molecule has 1 aromatic heterocycles. The number of nitrogens with zero attached hydrogens (tertiary/aromatic N) is 1. The first-order chi connectivity index (χ1) is 5.88. The molecule has 0 saturated carbocycles. The first-order valence-electron chi connectivity index (χ1n) is 4.50. The van der Waals surface area contributed by atoms with Crippen LogP contribution in [0.2, 0.25) is 0 Å². The smallest absolute Gasteiger partial charge is 0.0903 e. The van der Waals surface area contributed by atoms with E-state index in [9.17, 15) is 5.11 Å². The minimum atomic E-state index is -0.355. The number of rotatable bonds is 2. The molecule has 13 heavy (non-hydrogen) atoms. The second-order valence-corrected chi connectivity index (χ2v) is 5.49. The van der Waals surface area contributed by atoms with Crippen LogP contribution in [0.4, 0.5) is 0 Å². The Balaban J connectivity index is 2.64. The summed E-state index contributed by atoms with van der Waals surface area (Å²) in [5.74, 6) is 0. The molecule has 2 nitrogen and oxygen atoms in total. The Labute approximate surface area is 83.8 Å². The van der Waals surface area contributed by atoms with Crippen molar-refractivity contribution >= 4 is 11.5 Å². The Morgan fingerprint density at radius 3 is 2.54 bits per heavy atom. The van der Waals surface area contributed by atoms with E-state index in [1.54, 1.807) is 0 Å². The van der Waals surface area contributed by atoms with Gasteiger partial charge in [0.15, 0.2) is 0 Å². The Kier molecular flexibility index (Phi) is 3.09. The Morgan fingerprint density at radius 1 is 1.54 bits per heavy atom. The van der Waals surface area contributed by atoms with Crippen molar-refractivity contribution in [3.05, 3.63) is 16.6 Å². The molecule has 1 atom stereocenters. The van der Waals surface area contributed by atoms with Crippen molar-refractivity contribution in [2.75, 3.05) is 0 Å². The Morgan fingerprint density at radius 2 is 2.15 bits per heavy atom. The number of hydrogen-bond acceptors (Lipinski definition) is 3. The van der Waals surface area contributed by atoms with Crippen molar-refractivity contribution in [2.45, 2.75) is 40.2 Å². The van der Waals surface area contributed by atoms with Crippen LogP contribution in [0.3, 0.4) is 0 Å². The average molecular weight is 199 g/mol. The molecule has 0 aromatic carbocycles. The van der Waals surface area contributed by atoms with Crippen LogP contribution in [-0.4, -0.2) is 9.48 Å². The van der Waals surface area contributed by atoms with Gasteiger partial charge in [-0.25, -0.2) is 0 Å².